The molecule has 0 spiro atoms. The molecule has 2 heterocycles. The average molecular weight is 527 g/mol. The number of ether oxygens (including phenoxy) is 1. The van der Waals surface area contributed by atoms with Gasteiger partial charge in [-0.1, -0.05) is 30.8 Å². The third-order valence-corrected chi connectivity index (χ3v) is 6.95. The molecule has 4 nitrogen and oxygen atoms in total. The Morgan fingerprint density at radius 1 is 1.03 bits per heavy atom. The number of phenolic OH excluding ortho intramolecular Hbond substituents is 2. The van der Waals surface area contributed by atoms with Crippen LogP contribution in [0.2, 0.25) is 0 Å². The summed E-state index contributed by atoms with van der Waals surface area (Å²) in [6.45, 7) is 6.07. The molecule has 1 atom stereocenters. The fourth-order valence-corrected chi connectivity index (χ4v) is 5.00. The van der Waals surface area contributed by atoms with E-state index < -0.39 is 0 Å². The van der Waals surface area contributed by atoms with Gasteiger partial charge in [0.25, 0.3) is 0 Å². The predicted molar refractivity (Wildman–Crippen MR) is 125 cm³/mol. The number of fused-ring (bicyclic) bond motifs is 2. The van der Waals surface area contributed by atoms with Crippen LogP contribution in [0.25, 0.3) is 12.2 Å². The van der Waals surface area contributed by atoms with E-state index in [1.165, 1.54) is 0 Å². The Hall–Kier alpha value is -2.57. The molecule has 0 aromatic heterocycles. The Labute approximate surface area is 190 Å². The van der Waals surface area contributed by atoms with Crippen LogP contribution in [-0.2, 0) is 6.42 Å². The third-order valence-electron chi connectivity index (χ3n) is 5.48. The van der Waals surface area contributed by atoms with E-state index in [4.69, 9.17) is 4.74 Å². The second-order valence-electron chi connectivity index (χ2n) is 7.51. The molecule has 0 amide bonds. The molecule has 0 radical (unpaired) electrons. The summed E-state index contributed by atoms with van der Waals surface area (Å²) in [5, 5.41) is 23.1. The number of aryl methyl sites for hydroxylation is 1. The lowest BCUT2D eigenvalue weighted by Crippen LogP contribution is -2.27. The van der Waals surface area contributed by atoms with Gasteiger partial charge in [0.05, 0.1) is 6.04 Å². The minimum absolute atomic E-state index is 0.127. The highest BCUT2D eigenvalue weighted by molar-refractivity contribution is 9.11. The number of benzene rings is 3. The first-order chi connectivity index (χ1) is 14.4. The van der Waals surface area contributed by atoms with Crippen molar-refractivity contribution in [3.05, 3.63) is 78.0 Å². The highest BCUT2D eigenvalue weighted by Crippen LogP contribution is 2.54. The third kappa shape index (κ3) is 2.97. The molecule has 2 N–H and O–H groups in total. The van der Waals surface area contributed by atoms with Crippen LogP contribution in [-0.4, -0.2) is 22.5 Å². The molecule has 1 unspecified atom stereocenters. The molecule has 6 heteroatoms. The Morgan fingerprint density at radius 2 is 1.67 bits per heavy atom. The lowest BCUT2D eigenvalue weighted by Gasteiger charge is -2.27. The molecule has 0 bridgehead atoms. The van der Waals surface area contributed by atoms with Crippen molar-refractivity contribution < 1.29 is 14.9 Å². The van der Waals surface area contributed by atoms with Gasteiger partial charge in [0, 0.05) is 29.3 Å². The maximum absolute atomic E-state index is 10.8. The van der Waals surface area contributed by atoms with E-state index in [1.807, 2.05) is 49.5 Å². The molecule has 5 rings (SSSR count). The number of phenols is 2. The van der Waals surface area contributed by atoms with Gasteiger partial charge in [0.2, 0.25) is 0 Å². The first-order valence-corrected chi connectivity index (χ1v) is 11.0. The van der Waals surface area contributed by atoms with Crippen molar-refractivity contribution in [1.29, 1.82) is 0 Å². The SMILES string of the molecule is C=c1ccccc1=C1c2cc(C)c(O)c(Br)c2Oc2c1cc(CC1C=N1)c(O)c2Br. The minimum Gasteiger partial charge on any atom is -0.506 e. The smallest absolute Gasteiger partial charge is 0.153 e. The molecule has 0 fully saturated rings. The monoisotopic (exact) mass is 525 g/mol. The lowest BCUT2D eigenvalue weighted by molar-refractivity contribution is 0.429. The molecule has 150 valence electrons. The van der Waals surface area contributed by atoms with Crippen LogP contribution in [0.3, 0.4) is 0 Å². The second kappa shape index (κ2) is 7.00. The van der Waals surface area contributed by atoms with Gasteiger partial charge >= 0.3 is 0 Å². The van der Waals surface area contributed by atoms with E-state index in [1.54, 1.807) is 0 Å². The summed E-state index contributed by atoms with van der Waals surface area (Å²) < 4.78 is 7.19. The number of hydrogen-bond acceptors (Lipinski definition) is 4. The first kappa shape index (κ1) is 19.4. The highest BCUT2D eigenvalue weighted by atomic mass is 79.9. The zero-order chi connectivity index (χ0) is 21.2. The molecule has 3 aromatic carbocycles. The van der Waals surface area contributed by atoms with Crippen LogP contribution in [0.4, 0.5) is 0 Å². The minimum atomic E-state index is 0.127. The Balaban J connectivity index is 1.91. The van der Waals surface area contributed by atoms with Crippen LogP contribution in [0.5, 0.6) is 23.0 Å². The molecule has 0 saturated carbocycles. The summed E-state index contributed by atoms with van der Waals surface area (Å²) >= 11 is 7.02. The van der Waals surface area contributed by atoms with Crippen molar-refractivity contribution in [3.63, 3.8) is 0 Å². The maximum Gasteiger partial charge on any atom is 0.153 e. The zero-order valence-electron chi connectivity index (χ0n) is 16.0. The second-order valence-corrected chi connectivity index (χ2v) is 9.10. The predicted octanol–water partition coefficient (Wildman–Crippen LogP) is 4.69. The summed E-state index contributed by atoms with van der Waals surface area (Å²) in [6.07, 6.45) is 2.50. The van der Waals surface area contributed by atoms with Crippen LogP contribution >= 0.6 is 31.9 Å². The fourth-order valence-electron chi connectivity index (χ4n) is 3.84. The standard InChI is InChI=1S/C24H17Br2NO3/c1-11-5-3-4-6-15(11)18-16-7-12(2)21(28)19(25)23(16)30-24-17(18)9-13(8-14-10-27-14)22(29)20(24)26/h3-7,9-10,14,28-29H,1,8H2,2H3. The summed E-state index contributed by atoms with van der Waals surface area (Å²) in [5.41, 5.74) is 4.18. The number of halogens is 2. The van der Waals surface area contributed by atoms with Crippen LogP contribution < -0.4 is 15.2 Å². The first-order valence-electron chi connectivity index (χ1n) is 9.43. The van der Waals surface area contributed by atoms with E-state index in [-0.39, 0.29) is 17.5 Å². The van der Waals surface area contributed by atoms with Crippen molar-refractivity contribution >= 4 is 50.2 Å². The summed E-state index contributed by atoms with van der Waals surface area (Å²) in [6, 6.07) is 11.9. The van der Waals surface area contributed by atoms with Gasteiger partial charge in [-0.25, -0.2) is 0 Å². The summed E-state index contributed by atoms with van der Waals surface area (Å²) in [7, 11) is 0. The van der Waals surface area contributed by atoms with Crippen LogP contribution in [0.15, 0.2) is 50.3 Å². The Morgan fingerprint density at radius 3 is 2.33 bits per heavy atom. The normalized spacial score (nSPS) is 17.9. The van der Waals surface area contributed by atoms with E-state index in [0.29, 0.717) is 26.9 Å². The summed E-state index contributed by atoms with van der Waals surface area (Å²) in [5.74, 6) is 1.27. The van der Waals surface area contributed by atoms with Crippen molar-refractivity contribution in [2.75, 3.05) is 0 Å². The van der Waals surface area contributed by atoms with Gasteiger partial charge < -0.3 is 14.9 Å². The summed E-state index contributed by atoms with van der Waals surface area (Å²) in [4.78, 5) is 4.21. The van der Waals surface area contributed by atoms with Gasteiger partial charge in [-0.05, 0) is 72.5 Å². The largest absolute Gasteiger partial charge is 0.506 e. The van der Waals surface area contributed by atoms with Crippen LogP contribution in [0.1, 0.15) is 22.3 Å². The number of rotatable bonds is 2. The van der Waals surface area contributed by atoms with E-state index >= 15 is 0 Å². The topological polar surface area (TPSA) is 62.0 Å². The highest BCUT2D eigenvalue weighted by Gasteiger charge is 2.31. The van der Waals surface area contributed by atoms with Crippen molar-refractivity contribution in [2.24, 2.45) is 4.99 Å². The van der Waals surface area contributed by atoms with Crippen molar-refractivity contribution in [3.8, 4) is 23.0 Å². The van der Waals surface area contributed by atoms with Gasteiger partial charge in [0.1, 0.15) is 20.4 Å². The van der Waals surface area contributed by atoms with Gasteiger partial charge in [-0.15, -0.1) is 0 Å². The molecular weight excluding hydrogens is 510 g/mol. The van der Waals surface area contributed by atoms with Crippen LogP contribution in [0, 0.1) is 6.92 Å². The van der Waals surface area contributed by atoms with E-state index in [2.05, 4.69) is 43.4 Å². The van der Waals surface area contributed by atoms with E-state index in [9.17, 15) is 10.2 Å². The lowest BCUT2D eigenvalue weighted by atomic mass is 9.88. The van der Waals surface area contributed by atoms with Crippen molar-refractivity contribution in [2.45, 2.75) is 19.4 Å². The molecular formula is C24H17Br2NO3. The number of aliphatic imine (C=N–C) groups is 1. The zero-order valence-corrected chi connectivity index (χ0v) is 19.2. The fraction of sp³-hybridized carbons (Fsp3) is 0.125. The van der Waals surface area contributed by atoms with E-state index in [0.717, 1.165) is 38.3 Å². The number of hydrogen-bond donors (Lipinski definition) is 2. The maximum atomic E-state index is 10.8. The molecule has 2 aliphatic rings. The molecule has 0 aliphatic carbocycles. The quantitative estimate of drug-likeness (QED) is 0.398. The number of aromatic hydroxyl groups is 2. The van der Waals surface area contributed by atoms with Gasteiger partial charge in [0.15, 0.2) is 11.5 Å². The molecule has 0 saturated heterocycles. The van der Waals surface area contributed by atoms with Crippen molar-refractivity contribution in [1.82, 2.24) is 0 Å². The average Bonchev–Trinajstić information content (AvgIpc) is 3.54. The van der Waals surface area contributed by atoms with Gasteiger partial charge in [-0.2, -0.15) is 0 Å². The number of nitrogens with zero attached hydrogens (tertiary/aromatic N) is 1. The Bertz CT molecular complexity index is 1370. The molecule has 30 heavy (non-hydrogen) atoms. The van der Waals surface area contributed by atoms with Gasteiger partial charge in [-0.3, -0.25) is 4.99 Å². The Kier molecular flexibility index (Phi) is 4.52. The molecule has 2 aliphatic heterocycles. The molecule has 3 aromatic rings.